The lowest BCUT2D eigenvalue weighted by atomic mass is 10.0. The van der Waals surface area contributed by atoms with Crippen molar-refractivity contribution in [1.82, 2.24) is 9.97 Å². The molecule has 3 nitrogen and oxygen atoms in total. The van der Waals surface area contributed by atoms with Gasteiger partial charge in [-0.05, 0) is 48.7 Å². The Balaban J connectivity index is 0.00000100. The van der Waals surface area contributed by atoms with Crippen molar-refractivity contribution in [2.45, 2.75) is 74.1 Å². The summed E-state index contributed by atoms with van der Waals surface area (Å²) in [6.45, 7) is 10.5. The van der Waals surface area contributed by atoms with E-state index in [1.54, 1.807) is 30.8 Å². The number of nitrogens with zero attached hydrogens (tertiary/aromatic N) is 2. The van der Waals surface area contributed by atoms with Gasteiger partial charge in [0.15, 0.2) is 0 Å². The maximum absolute atomic E-state index is 13.0. The summed E-state index contributed by atoms with van der Waals surface area (Å²) < 4.78 is 18.6. The fourth-order valence-electron chi connectivity index (χ4n) is 2.35. The molecule has 2 heterocycles. The zero-order chi connectivity index (χ0) is 20.8. The Labute approximate surface area is 176 Å². The molecule has 160 valence electrons. The molecule has 0 spiro atoms. The molecule has 0 aliphatic rings. The zero-order valence-corrected chi connectivity index (χ0v) is 17.8. The lowest BCUT2D eigenvalue weighted by Crippen LogP contribution is -1.91. The zero-order valence-electron chi connectivity index (χ0n) is 17.8. The van der Waals surface area contributed by atoms with Crippen LogP contribution in [0.3, 0.4) is 0 Å². The fraction of sp³-hybridized carbons (Fsp3) is 0.440. The van der Waals surface area contributed by atoms with Crippen molar-refractivity contribution in [2.75, 3.05) is 0 Å². The van der Waals surface area contributed by atoms with Crippen molar-refractivity contribution in [1.29, 1.82) is 0 Å². The summed E-state index contributed by atoms with van der Waals surface area (Å²) in [6.07, 6.45) is 11.0. The van der Waals surface area contributed by atoms with E-state index in [4.69, 9.17) is 4.42 Å². The molecule has 29 heavy (non-hydrogen) atoms. The SMILES string of the molecule is C.CC.CCCC.CCCCc1ccncc1-c1nc(-c2ccc(F)cc2)co1. The van der Waals surface area contributed by atoms with Crippen LogP contribution in [0.2, 0.25) is 0 Å². The van der Waals surface area contributed by atoms with E-state index in [1.807, 2.05) is 19.9 Å². The lowest BCUT2D eigenvalue weighted by Gasteiger charge is -2.04. The van der Waals surface area contributed by atoms with Gasteiger partial charge in [0, 0.05) is 18.0 Å². The molecule has 0 fully saturated rings. The first-order valence-corrected chi connectivity index (χ1v) is 10.3. The molecule has 0 aliphatic carbocycles. The van der Waals surface area contributed by atoms with E-state index in [2.05, 4.69) is 30.7 Å². The number of aryl methyl sites for hydroxylation is 1. The number of oxazole rings is 1. The quantitative estimate of drug-likeness (QED) is 0.417. The average Bonchev–Trinajstić information content (AvgIpc) is 3.24. The Bertz CT molecular complexity index is 780. The van der Waals surface area contributed by atoms with Gasteiger partial charge in [0.1, 0.15) is 17.8 Å². The predicted octanol–water partition coefficient (Wildman–Crippen LogP) is 8.35. The van der Waals surface area contributed by atoms with Gasteiger partial charge in [-0.15, -0.1) is 0 Å². The first-order valence-electron chi connectivity index (χ1n) is 10.3. The summed E-state index contributed by atoms with van der Waals surface area (Å²) in [5.74, 6) is 0.292. The van der Waals surface area contributed by atoms with Crippen molar-refractivity contribution >= 4 is 0 Å². The predicted molar refractivity (Wildman–Crippen MR) is 122 cm³/mol. The number of pyridine rings is 1. The monoisotopic (exact) mass is 400 g/mol. The highest BCUT2D eigenvalue weighted by Crippen LogP contribution is 2.27. The molecule has 3 aromatic rings. The van der Waals surface area contributed by atoms with Crippen molar-refractivity contribution in [3.8, 4) is 22.7 Å². The van der Waals surface area contributed by atoms with Gasteiger partial charge in [-0.3, -0.25) is 4.98 Å². The Morgan fingerprint density at radius 1 is 0.931 bits per heavy atom. The van der Waals surface area contributed by atoms with Crippen LogP contribution >= 0.6 is 0 Å². The molecule has 0 aliphatic heterocycles. The number of hydrogen-bond acceptors (Lipinski definition) is 3. The van der Waals surface area contributed by atoms with Crippen LogP contribution in [0.1, 0.15) is 73.3 Å². The first-order chi connectivity index (χ1) is 13.7. The van der Waals surface area contributed by atoms with E-state index in [-0.39, 0.29) is 13.2 Å². The molecule has 0 amide bonds. The standard InChI is InChI=1S/C18H17FN2O.C4H10.C2H6.CH4/c1-2-3-4-13-9-10-20-11-16(13)18-21-17(12-22-18)14-5-7-15(19)8-6-14;1-3-4-2;1-2;/h5-12H,2-4H2,1H3;3-4H2,1-2H3;1-2H3;1H4. The Morgan fingerprint density at radius 2 is 1.59 bits per heavy atom. The van der Waals surface area contributed by atoms with Gasteiger partial charge in [0.05, 0.1) is 5.56 Å². The van der Waals surface area contributed by atoms with Crippen molar-refractivity contribution in [2.24, 2.45) is 0 Å². The second kappa shape index (κ2) is 15.4. The summed E-state index contributed by atoms with van der Waals surface area (Å²) in [5.41, 5.74) is 3.63. The molecular weight excluding hydrogens is 363 g/mol. The first kappa shape index (κ1) is 26.5. The number of benzene rings is 1. The molecule has 3 rings (SSSR count). The minimum Gasteiger partial charge on any atom is -0.444 e. The highest BCUT2D eigenvalue weighted by atomic mass is 19.1. The largest absolute Gasteiger partial charge is 0.444 e. The third-order valence-corrected chi connectivity index (χ3v) is 4.09. The maximum atomic E-state index is 13.0. The van der Waals surface area contributed by atoms with Gasteiger partial charge in [-0.1, -0.05) is 61.3 Å². The van der Waals surface area contributed by atoms with Crippen LogP contribution in [0, 0.1) is 5.82 Å². The molecule has 0 N–H and O–H groups in total. The summed E-state index contributed by atoms with van der Waals surface area (Å²) >= 11 is 0. The second-order valence-corrected chi connectivity index (χ2v) is 6.18. The van der Waals surface area contributed by atoms with E-state index in [9.17, 15) is 4.39 Å². The summed E-state index contributed by atoms with van der Waals surface area (Å²) in [7, 11) is 0. The van der Waals surface area contributed by atoms with Crippen LogP contribution < -0.4 is 0 Å². The van der Waals surface area contributed by atoms with E-state index in [0.717, 1.165) is 30.4 Å². The number of unbranched alkanes of at least 4 members (excludes halogenated alkanes) is 2. The average molecular weight is 401 g/mol. The molecule has 4 heteroatoms. The van der Waals surface area contributed by atoms with Gasteiger partial charge < -0.3 is 4.42 Å². The molecule has 1 aromatic carbocycles. The van der Waals surface area contributed by atoms with Crippen LogP contribution in [0.25, 0.3) is 22.7 Å². The van der Waals surface area contributed by atoms with Crippen LogP contribution in [0.5, 0.6) is 0 Å². The van der Waals surface area contributed by atoms with Crippen LogP contribution in [0.4, 0.5) is 4.39 Å². The summed E-state index contributed by atoms with van der Waals surface area (Å²) in [4.78, 5) is 8.69. The van der Waals surface area contributed by atoms with Crippen LogP contribution in [-0.4, -0.2) is 9.97 Å². The highest BCUT2D eigenvalue weighted by Gasteiger charge is 2.12. The van der Waals surface area contributed by atoms with Gasteiger partial charge >= 0.3 is 0 Å². The number of hydrogen-bond donors (Lipinski definition) is 0. The molecule has 0 atom stereocenters. The topological polar surface area (TPSA) is 38.9 Å². The number of aromatic nitrogens is 2. The molecule has 0 radical (unpaired) electrons. The minimum absolute atomic E-state index is 0. The summed E-state index contributed by atoms with van der Waals surface area (Å²) in [6, 6.07) is 8.23. The third-order valence-electron chi connectivity index (χ3n) is 4.09. The minimum atomic E-state index is -0.262. The van der Waals surface area contributed by atoms with Gasteiger partial charge in [0.2, 0.25) is 5.89 Å². The lowest BCUT2D eigenvalue weighted by molar-refractivity contribution is 0.573. The molecule has 2 aromatic heterocycles. The van der Waals surface area contributed by atoms with E-state index in [1.165, 1.54) is 30.5 Å². The normalized spacial score (nSPS) is 9.45. The number of halogens is 1. The van der Waals surface area contributed by atoms with E-state index >= 15 is 0 Å². The highest BCUT2D eigenvalue weighted by molar-refractivity contribution is 5.64. The van der Waals surface area contributed by atoms with Gasteiger partial charge in [-0.25, -0.2) is 9.37 Å². The Kier molecular flexibility index (Phi) is 14.1. The van der Waals surface area contributed by atoms with Crippen LogP contribution in [-0.2, 0) is 6.42 Å². The van der Waals surface area contributed by atoms with E-state index < -0.39 is 0 Å². The third kappa shape index (κ3) is 8.59. The fourth-order valence-corrected chi connectivity index (χ4v) is 2.35. The van der Waals surface area contributed by atoms with Crippen molar-refractivity contribution < 1.29 is 8.81 Å². The maximum Gasteiger partial charge on any atom is 0.228 e. The molecule has 0 saturated carbocycles. The Morgan fingerprint density at radius 3 is 2.17 bits per heavy atom. The summed E-state index contributed by atoms with van der Waals surface area (Å²) in [5, 5.41) is 0. The van der Waals surface area contributed by atoms with Gasteiger partial charge in [0.25, 0.3) is 0 Å². The van der Waals surface area contributed by atoms with Gasteiger partial charge in [-0.2, -0.15) is 0 Å². The number of rotatable bonds is 6. The van der Waals surface area contributed by atoms with Crippen LogP contribution in [0.15, 0.2) is 53.4 Å². The molecule has 0 unspecified atom stereocenters. The van der Waals surface area contributed by atoms with Crippen molar-refractivity contribution in [3.05, 3.63) is 60.4 Å². The molecule has 0 saturated heterocycles. The Hall–Kier alpha value is -2.49. The van der Waals surface area contributed by atoms with E-state index in [0.29, 0.717) is 11.6 Å². The molecular formula is C25H37FN2O. The molecule has 0 bridgehead atoms. The second-order valence-electron chi connectivity index (χ2n) is 6.18. The smallest absolute Gasteiger partial charge is 0.228 e. The van der Waals surface area contributed by atoms with Crippen molar-refractivity contribution in [3.63, 3.8) is 0 Å².